The normalized spacial score (nSPS) is 10.3. The van der Waals surface area contributed by atoms with Crippen LogP contribution >= 0.6 is 47.8 Å². The van der Waals surface area contributed by atoms with E-state index in [0.717, 1.165) is 30.3 Å². The fourth-order valence-corrected chi connectivity index (χ4v) is 2.91. The third-order valence-corrected chi connectivity index (χ3v) is 5.95. The van der Waals surface area contributed by atoms with Gasteiger partial charge in [-0.1, -0.05) is 36.9 Å². The predicted octanol–water partition coefficient (Wildman–Crippen LogP) is 6.20. The van der Waals surface area contributed by atoms with E-state index in [2.05, 4.69) is 54.4 Å². The van der Waals surface area contributed by atoms with Crippen molar-refractivity contribution in [2.24, 2.45) is 0 Å². The molecule has 0 bridgehead atoms. The lowest BCUT2D eigenvalue weighted by Gasteiger charge is -2.10. The first-order valence-corrected chi connectivity index (χ1v) is 7.97. The summed E-state index contributed by atoms with van der Waals surface area (Å²) >= 11 is 10.5. The standard InChI is InChI=1S/C15H11Br3O/c1-2-10-3-5-11(6-4-10)9-19-13-8-7-12(16)14(17)15(13)18/h2-8H,1,9H2. The first kappa shape index (κ1) is 14.8. The summed E-state index contributed by atoms with van der Waals surface area (Å²) in [7, 11) is 0. The molecule has 0 atom stereocenters. The van der Waals surface area contributed by atoms with Gasteiger partial charge >= 0.3 is 0 Å². The maximum absolute atomic E-state index is 5.81. The lowest BCUT2D eigenvalue weighted by atomic mass is 10.1. The van der Waals surface area contributed by atoms with Crippen molar-refractivity contribution in [3.8, 4) is 5.75 Å². The Kier molecular flexibility index (Phi) is 5.25. The molecule has 2 aromatic carbocycles. The van der Waals surface area contributed by atoms with Gasteiger partial charge < -0.3 is 4.74 Å². The Hall–Kier alpha value is -0.580. The third-order valence-electron chi connectivity index (χ3n) is 2.61. The topological polar surface area (TPSA) is 9.23 Å². The van der Waals surface area contributed by atoms with E-state index < -0.39 is 0 Å². The molecule has 0 aliphatic heterocycles. The summed E-state index contributed by atoms with van der Waals surface area (Å²) in [5.74, 6) is 0.808. The van der Waals surface area contributed by atoms with Crippen LogP contribution in [0.1, 0.15) is 11.1 Å². The van der Waals surface area contributed by atoms with Gasteiger partial charge in [-0.05, 0) is 71.0 Å². The highest BCUT2D eigenvalue weighted by atomic mass is 79.9. The Morgan fingerprint density at radius 1 is 0.947 bits per heavy atom. The van der Waals surface area contributed by atoms with Gasteiger partial charge in [0.15, 0.2) is 0 Å². The smallest absolute Gasteiger partial charge is 0.135 e. The second kappa shape index (κ2) is 6.73. The number of hydrogen-bond donors (Lipinski definition) is 0. The molecule has 0 aliphatic rings. The number of benzene rings is 2. The van der Waals surface area contributed by atoms with Crippen molar-refractivity contribution in [3.05, 3.63) is 67.5 Å². The fourth-order valence-electron chi connectivity index (χ4n) is 1.53. The zero-order chi connectivity index (χ0) is 13.8. The predicted molar refractivity (Wildman–Crippen MR) is 90.4 cm³/mol. The van der Waals surface area contributed by atoms with Gasteiger partial charge in [0.25, 0.3) is 0 Å². The molecule has 0 heterocycles. The molecule has 0 aromatic heterocycles. The van der Waals surface area contributed by atoms with E-state index in [4.69, 9.17) is 4.74 Å². The van der Waals surface area contributed by atoms with E-state index in [1.807, 2.05) is 42.5 Å². The van der Waals surface area contributed by atoms with Crippen molar-refractivity contribution in [3.63, 3.8) is 0 Å². The van der Waals surface area contributed by atoms with Crippen LogP contribution in [0, 0.1) is 0 Å². The third kappa shape index (κ3) is 3.71. The van der Waals surface area contributed by atoms with Crippen LogP contribution in [0.25, 0.3) is 6.08 Å². The summed E-state index contributed by atoms with van der Waals surface area (Å²) in [5.41, 5.74) is 2.23. The average molecular weight is 447 g/mol. The highest BCUT2D eigenvalue weighted by Crippen LogP contribution is 2.38. The molecule has 98 valence electrons. The molecule has 19 heavy (non-hydrogen) atoms. The summed E-state index contributed by atoms with van der Waals surface area (Å²) in [5, 5.41) is 0. The van der Waals surface area contributed by atoms with Crippen LogP contribution in [-0.2, 0) is 6.61 Å². The fraction of sp³-hybridized carbons (Fsp3) is 0.0667. The second-order valence-electron chi connectivity index (χ2n) is 3.91. The number of hydrogen-bond acceptors (Lipinski definition) is 1. The zero-order valence-corrected chi connectivity index (χ0v) is 14.8. The second-order valence-corrected chi connectivity index (χ2v) is 6.35. The van der Waals surface area contributed by atoms with E-state index in [0.29, 0.717) is 6.61 Å². The molecule has 0 aliphatic carbocycles. The zero-order valence-electron chi connectivity index (χ0n) is 10.00. The quantitative estimate of drug-likeness (QED) is 0.508. The molecule has 1 nitrogen and oxygen atoms in total. The Labute approximate surface area is 138 Å². The van der Waals surface area contributed by atoms with Crippen molar-refractivity contribution in [1.29, 1.82) is 0 Å². The summed E-state index contributed by atoms with van der Waals surface area (Å²) in [6.07, 6.45) is 1.83. The van der Waals surface area contributed by atoms with E-state index in [1.165, 1.54) is 0 Å². The van der Waals surface area contributed by atoms with Gasteiger partial charge in [-0.15, -0.1) is 0 Å². The molecule has 4 heteroatoms. The van der Waals surface area contributed by atoms with Gasteiger partial charge in [0, 0.05) is 8.95 Å². The molecule has 0 N–H and O–H groups in total. The largest absolute Gasteiger partial charge is 0.488 e. The van der Waals surface area contributed by atoms with E-state index in [1.54, 1.807) is 0 Å². The maximum atomic E-state index is 5.81. The Balaban J connectivity index is 2.10. The van der Waals surface area contributed by atoms with Gasteiger partial charge in [-0.3, -0.25) is 0 Å². The Bertz CT molecular complexity index is 591. The lowest BCUT2D eigenvalue weighted by molar-refractivity contribution is 0.304. The summed E-state index contributed by atoms with van der Waals surface area (Å²) in [6.45, 7) is 4.27. The van der Waals surface area contributed by atoms with Gasteiger partial charge in [-0.25, -0.2) is 0 Å². The van der Waals surface area contributed by atoms with Crippen molar-refractivity contribution in [1.82, 2.24) is 0 Å². The minimum Gasteiger partial charge on any atom is -0.488 e. The van der Waals surface area contributed by atoms with Crippen molar-refractivity contribution < 1.29 is 4.74 Å². The van der Waals surface area contributed by atoms with Gasteiger partial charge in [0.1, 0.15) is 12.4 Å². The van der Waals surface area contributed by atoms with E-state index in [9.17, 15) is 0 Å². The van der Waals surface area contributed by atoms with Crippen LogP contribution in [0.2, 0.25) is 0 Å². The molecular formula is C15H11Br3O. The first-order valence-electron chi connectivity index (χ1n) is 5.59. The minimum absolute atomic E-state index is 0.532. The molecule has 0 spiro atoms. The number of rotatable bonds is 4. The van der Waals surface area contributed by atoms with Crippen molar-refractivity contribution in [2.75, 3.05) is 0 Å². The molecule has 0 saturated heterocycles. The SMILES string of the molecule is C=Cc1ccc(COc2ccc(Br)c(Br)c2Br)cc1. The van der Waals surface area contributed by atoms with Crippen LogP contribution in [0.3, 0.4) is 0 Å². The molecule has 0 amide bonds. The molecular weight excluding hydrogens is 436 g/mol. The van der Waals surface area contributed by atoms with Crippen LogP contribution in [0.5, 0.6) is 5.75 Å². The first-order chi connectivity index (χ1) is 9.11. The molecule has 0 radical (unpaired) electrons. The number of ether oxygens (including phenoxy) is 1. The summed E-state index contributed by atoms with van der Waals surface area (Å²) < 4.78 is 8.65. The highest BCUT2D eigenvalue weighted by molar-refractivity contribution is 9.14. The van der Waals surface area contributed by atoms with Crippen LogP contribution < -0.4 is 4.74 Å². The average Bonchev–Trinajstić information content (AvgIpc) is 2.45. The number of halogens is 3. The molecule has 0 saturated carbocycles. The van der Waals surface area contributed by atoms with Crippen LogP contribution in [0.4, 0.5) is 0 Å². The van der Waals surface area contributed by atoms with E-state index in [-0.39, 0.29) is 0 Å². The van der Waals surface area contributed by atoms with Crippen LogP contribution in [-0.4, -0.2) is 0 Å². The van der Waals surface area contributed by atoms with Gasteiger partial charge in [0.05, 0.1) is 4.47 Å². The Morgan fingerprint density at radius 2 is 1.63 bits per heavy atom. The summed E-state index contributed by atoms with van der Waals surface area (Å²) in [6, 6.07) is 12.0. The molecule has 2 aromatic rings. The van der Waals surface area contributed by atoms with Gasteiger partial charge in [0.2, 0.25) is 0 Å². The lowest BCUT2D eigenvalue weighted by Crippen LogP contribution is -1.96. The van der Waals surface area contributed by atoms with Gasteiger partial charge in [-0.2, -0.15) is 0 Å². The maximum Gasteiger partial charge on any atom is 0.135 e. The molecule has 0 fully saturated rings. The Morgan fingerprint density at radius 3 is 2.26 bits per heavy atom. The van der Waals surface area contributed by atoms with E-state index >= 15 is 0 Å². The highest BCUT2D eigenvalue weighted by Gasteiger charge is 2.08. The monoisotopic (exact) mass is 444 g/mol. The van der Waals surface area contributed by atoms with Crippen molar-refractivity contribution >= 4 is 53.9 Å². The molecule has 0 unspecified atom stereocenters. The van der Waals surface area contributed by atoms with Crippen molar-refractivity contribution in [2.45, 2.75) is 6.61 Å². The molecule has 2 rings (SSSR count). The van der Waals surface area contributed by atoms with Crippen LogP contribution in [0.15, 0.2) is 56.4 Å². The minimum atomic E-state index is 0.532. The summed E-state index contributed by atoms with van der Waals surface area (Å²) in [4.78, 5) is 0.